The molecule has 0 aliphatic carbocycles. The van der Waals surface area contributed by atoms with Crippen molar-refractivity contribution in [1.82, 2.24) is 4.90 Å². The Hall–Kier alpha value is -3.21. The number of carbonyl (C=O) groups excluding carboxylic acids is 3. The summed E-state index contributed by atoms with van der Waals surface area (Å²) < 4.78 is 0. The average molecular weight is 429 g/mol. The van der Waals surface area contributed by atoms with Crippen LogP contribution < -0.4 is 4.90 Å². The third-order valence-corrected chi connectivity index (χ3v) is 7.19. The third-order valence-electron chi connectivity index (χ3n) is 7.19. The average Bonchev–Trinajstić information content (AvgIpc) is 3.25. The molecule has 3 heterocycles. The molecule has 0 saturated carbocycles. The first-order valence-corrected chi connectivity index (χ1v) is 11.5. The van der Waals surface area contributed by atoms with E-state index < -0.39 is 17.9 Å². The van der Waals surface area contributed by atoms with Crippen LogP contribution in [0.3, 0.4) is 0 Å². The van der Waals surface area contributed by atoms with Crippen molar-refractivity contribution >= 4 is 28.9 Å². The number of nitrogens with zero attached hydrogens (tertiary/aromatic N) is 2. The van der Waals surface area contributed by atoms with Gasteiger partial charge in [0.25, 0.3) is 0 Å². The summed E-state index contributed by atoms with van der Waals surface area (Å²) in [6.07, 6.45) is 3.76. The SMILES string of the molecule is CCCCN1C(=O)[C@@H]2[C@H](C1=O)[C@@H](C(=O)c1ccc(C)cc1)N1c3ccccc3C(C)=C[C@@H]21. The number of unbranched alkanes of at least 4 members (excludes halogenated alkanes) is 1. The van der Waals surface area contributed by atoms with Crippen molar-refractivity contribution in [2.45, 2.75) is 45.7 Å². The van der Waals surface area contributed by atoms with Gasteiger partial charge in [0.15, 0.2) is 5.78 Å². The predicted octanol–water partition coefficient (Wildman–Crippen LogP) is 4.25. The summed E-state index contributed by atoms with van der Waals surface area (Å²) in [4.78, 5) is 44.3. The molecule has 3 aliphatic rings. The molecular weight excluding hydrogens is 400 g/mol. The largest absolute Gasteiger partial charge is 0.352 e. The number of carbonyl (C=O) groups is 3. The van der Waals surface area contributed by atoms with Crippen molar-refractivity contribution in [2.75, 3.05) is 11.4 Å². The van der Waals surface area contributed by atoms with E-state index in [0.29, 0.717) is 12.1 Å². The number of likely N-dealkylation sites (tertiary alicyclic amines) is 1. The second-order valence-electron chi connectivity index (χ2n) is 9.17. The maximum absolute atomic E-state index is 13.9. The molecule has 0 aromatic heterocycles. The number of imide groups is 1. The number of aryl methyl sites for hydroxylation is 1. The highest BCUT2D eigenvalue weighted by Gasteiger charge is 2.64. The highest BCUT2D eigenvalue weighted by molar-refractivity contribution is 6.14. The Balaban J connectivity index is 1.64. The van der Waals surface area contributed by atoms with E-state index in [1.807, 2.05) is 74.2 Å². The summed E-state index contributed by atoms with van der Waals surface area (Å²) in [7, 11) is 0. The Labute approximate surface area is 188 Å². The molecule has 3 aliphatic heterocycles. The fraction of sp³-hybridized carbons (Fsp3) is 0.370. The van der Waals surface area contributed by atoms with Crippen molar-refractivity contribution in [3.63, 3.8) is 0 Å². The lowest BCUT2D eigenvalue weighted by Crippen LogP contribution is -2.49. The number of rotatable bonds is 5. The van der Waals surface area contributed by atoms with E-state index in [9.17, 15) is 14.4 Å². The molecular formula is C27H28N2O3. The van der Waals surface area contributed by atoms with Gasteiger partial charge >= 0.3 is 0 Å². The number of allylic oxidation sites excluding steroid dienone is 1. The van der Waals surface area contributed by atoms with Gasteiger partial charge < -0.3 is 4.90 Å². The number of benzene rings is 2. The quantitative estimate of drug-likeness (QED) is 0.528. The Kier molecular flexibility index (Phi) is 5.00. The highest BCUT2D eigenvalue weighted by atomic mass is 16.2. The number of amides is 2. The number of hydrogen-bond acceptors (Lipinski definition) is 4. The van der Waals surface area contributed by atoms with Crippen LogP contribution in [0.5, 0.6) is 0 Å². The summed E-state index contributed by atoms with van der Waals surface area (Å²) in [6.45, 7) is 6.49. The van der Waals surface area contributed by atoms with Crippen molar-refractivity contribution in [3.8, 4) is 0 Å². The Morgan fingerprint density at radius 3 is 2.34 bits per heavy atom. The number of hydrogen-bond donors (Lipinski definition) is 0. The molecule has 0 spiro atoms. The van der Waals surface area contributed by atoms with E-state index in [1.165, 1.54) is 4.90 Å². The van der Waals surface area contributed by atoms with Crippen molar-refractivity contribution in [3.05, 3.63) is 71.3 Å². The van der Waals surface area contributed by atoms with Gasteiger partial charge in [-0.05, 0) is 31.9 Å². The van der Waals surface area contributed by atoms with Gasteiger partial charge in [0.1, 0.15) is 6.04 Å². The zero-order chi connectivity index (χ0) is 22.6. The molecule has 5 nitrogen and oxygen atoms in total. The van der Waals surface area contributed by atoms with E-state index >= 15 is 0 Å². The summed E-state index contributed by atoms with van der Waals surface area (Å²) in [5, 5.41) is 0. The molecule has 2 saturated heterocycles. The molecule has 2 fully saturated rings. The summed E-state index contributed by atoms with van der Waals surface area (Å²) in [5.74, 6) is -1.61. The van der Waals surface area contributed by atoms with Gasteiger partial charge in [0.2, 0.25) is 11.8 Å². The molecule has 5 heteroatoms. The fourth-order valence-electron chi connectivity index (χ4n) is 5.58. The zero-order valence-corrected chi connectivity index (χ0v) is 18.7. The maximum atomic E-state index is 13.9. The lowest BCUT2D eigenvalue weighted by molar-refractivity contribution is -0.140. The van der Waals surface area contributed by atoms with Crippen LogP contribution in [0.25, 0.3) is 5.57 Å². The summed E-state index contributed by atoms with van der Waals surface area (Å²) in [6, 6.07) is 14.5. The van der Waals surface area contributed by atoms with Crippen LogP contribution >= 0.6 is 0 Å². The summed E-state index contributed by atoms with van der Waals surface area (Å²) in [5.41, 5.74) is 4.71. The van der Waals surface area contributed by atoms with Gasteiger partial charge in [-0.3, -0.25) is 19.3 Å². The van der Waals surface area contributed by atoms with E-state index in [4.69, 9.17) is 0 Å². The van der Waals surface area contributed by atoms with Crippen LogP contribution in [0.4, 0.5) is 5.69 Å². The Bertz CT molecular complexity index is 1130. The molecule has 0 radical (unpaired) electrons. The second kappa shape index (κ2) is 7.73. The van der Waals surface area contributed by atoms with Gasteiger partial charge in [-0.25, -0.2) is 0 Å². The molecule has 0 N–H and O–H groups in total. The molecule has 2 aromatic carbocycles. The number of ketones is 1. The Morgan fingerprint density at radius 2 is 1.62 bits per heavy atom. The maximum Gasteiger partial charge on any atom is 0.235 e. The molecule has 5 rings (SSSR count). The smallest absolute Gasteiger partial charge is 0.235 e. The second-order valence-corrected chi connectivity index (χ2v) is 9.17. The Morgan fingerprint density at radius 1 is 0.938 bits per heavy atom. The lowest BCUT2D eigenvalue weighted by Gasteiger charge is -2.38. The highest BCUT2D eigenvalue weighted by Crippen LogP contribution is 2.50. The lowest BCUT2D eigenvalue weighted by atomic mass is 9.85. The van der Waals surface area contributed by atoms with Crippen molar-refractivity contribution in [2.24, 2.45) is 11.8 Å². The number of para-hydroxylation sites is 1. The molecule has 0 unspecified atom stereocenters. The van der Waals surface area contributed by atoms with Crippen LogP contribution in [-0.2, 0) is 9.59 Å². The number of anilines is 1. The van der Waals surface area contributed by atoms with Gasteiger partial charge in [0.05, 0.1) is 17.9 Å². The topological polar surface area (TPSA) is 57.7 Å². The van der Waals surface area contributed by atoms with Crippen LogP contribution in [0, 0.1) is 18.8 Å². The minimum Gasteiger partial charge on any atom is -0.352 e. The molecule has 32 heavy (non-hydrogen) atoms. The van der Waals surface area contributed by atoms with E-state index in [2.05, 4.69) is 6.08 Å². The summed E-state index contributed by atoms with van der Waals surface area (Å²) >= 11 is 0. The third kappa shape index (κ3) is 2.94. The molecule has 0 bridgehead atoms. The standard InChI is InChI=1S/C27H28N2O3/c1-4-5-14-28-26(31)22-21-15-17(3)19-8-6-7-9-20(19)29(21)24(23(22)27(28)32)25(30)18-12-10-16(2)11-13-18/h6-13,15,21-24H,4-5,14H2,1-3H3/t21-,22-,23-,24-/m0/s1. The first kappa shape index (κ1) is 20.7. The van der Waals surface area contributed by atoms with E-state index in [-0.39, 0.29) is 23.6 Å². The first-order valence-electron chi connectivity index (χ1n) is 11.5. The van der Waals surface area contributed by atoms with Gasteiger partial charge in [-0.2, -0.15) is 0 Å². The molecule has 2 aromatic rings. The van der Waals surface area contributed by atoms with Crippen LogP contribution in [-0.4, -0.2) is 41.1 Å². The van der Waals surface area contributed by atoms with Crippen LogP contribution in [0.1, 0.15) is 48.2 Å². The monoisotopic (exact) mass is 428 g/mol. The molecule has 4 atom stereocenters. The minimum absolute atomic E-state index is 0.0938. The van der Waals surface area contributed by atoms with Gasteiger partial charge in [-0.15, -0.1) is 0 Å². The first-order chi connectivity index (χ1) is 15.4. The fourth-order valence-corrected chi connectivity index (χ4v) is 5.58. The number of Topliss-reactive ketones (excluding diaryl/α,β-unsaturated/α-hetero) is 1. The van der Waals surface area contributed by atoms with Crippen LogP contribution in [0.2, 0.25) is 0 Å². The molecule has 164 valence electrons. The van der Waals surface area contributed by atoms with Crippen molar-refractivity contribution < 1.29 is 14.4 Å². The van der Waals surface area contributed by atoms with Crippen LogP contribution in [0.15, 0.2) is 54.6 Å². The predicted molar refractivity (Wildman–Crippen MR) is 124 cm³/mol. The normalized spacial score (nSPS) is 26.0. The number of fused-ring (bicyclic) bond motifs is 5. The van der Waals surface area contributed by atoms with Gasteiger partial charge in [0, 0.05) is 23.4 Å². The van der Waals surface area contributed by atoms with E-state index in [0.717, 1.165) is 35.2 Å². The zero-order valence-electron chi connectivity index (χ0n) is 18.7. The molecule has 2 amide bonds. The van der Waals surface area contributed by atoms with Crippen molar-refractivity contribution in [1.29, 1.82) is 0 Å². The minimum atomic E-state index is -0.693. The van der Waals surface area contributed by atoms with Gasteiger partial charge in [-0.1, -0.05) is 67.4 Å². The van der Waals surface area contributed by atoms with E-state index in [1.54, 1.807) is 0 Å².